The number of nitrogens with one attached hydrogen (secondary N) is 1. The smallest absolute Gasteiger partial charge is 0.260 e. The molecule has 0 bridgehead atoms. The number of para-hydroxylation sites is 1. The summed E-state index contributed by atoms with van der Waals surface area (Å²) in [5, 5.41) is 2.83. The minimum atomic E-state index is -3.58. The van der Waals surface area contributed by atoms with E-state index in [9.17, 15) is 13.2 Å². The highest BCUT2D eigenvalue weighted by atomic mass is 32.2. The molecule has 168 valence electrons. The number of ether oxygens (including phenoxy) is 1. The standard InChI is InChI=1S/C23H31N3O4S/c1-18(2)17-24-23(27)19(3)30-21-9-11-22(12-10-21)31(28,29)26-15-13-25(14-16-26)20-7-5-4-6-8-20/h4-12,18-19H,13-17H2,1-3H3,(H,24,27)/t19-/m0/s1. The molecule has 0 aliphatic carbocycles. The van der Waals surface area contributed by atoms with Crippen LogP contribution in [-0.2, 0) is 14.8 Å². The number of rotatable bonds is 8. The monoisotopic (exact) mass is 445 g/mol. The van der Waals surface area contributed by atoms with Gasteiger partial charge in [-0.15, -0.1) is 0 Å². The Balaban J connectivity index is 1.58. The molecule has 2 aromatic carbocycles. The molecule has 1 N–H and O–H groups in total. The van der Waals surface area contributed by atoms with Crippen LogP contribution in [0.4, 0.5) is 5.69 Å². The molecule has 1 heterocycles. The van der Waals surface area contributed by atoms with Crippen LogP contribution in [0.5, 0.6) is 5.75 Å². The van der Waals surface area contributed by atoms with Gasteiger partial charge in [0.1, 0.15) is 5.75 Å². The summed E-state index contributed by atoms with van der Waals surface area (Å²) in [7, 11) is -3.58. The molecule has 31 heavy (non-hydrogen) atoms. The summed E-state index contributed by atoms with van der Waals surface area (Å²) in [5.41, 5.74) is 1.10. The molecule has 1 aliphatic heterocycles. The molecule has 7 nitrogen and oxygen atoms in total. The Labute approximate surface area is 185 Å². The van der Waals surface area contributed by atoms with E-state index in [1.165, 1.54) is 16.4 Å². The van der Waals surface area contributed by atoms with Crippen LogP contribution in [0.2, 0.25) is 0 Å². The lowest BCUT2D eigenvalue weighted by Crippen LogP contribution is -2.48. The molecule has 3 rings (SSSR count). The van der Waals surface area contributed by atoms with Crippen LogP contribution in [0.1, 0.15) is 20.8 Å². The number of benzene rings is 2. The van der Waals surface area contributed by atoms with Gasteiger partial charge in [0.05, 0.1) is 4.90 Å². The first-order valence-corrected chi connectivity index (χ1v) is 12.1. The van der Waals surface area contributed by atoms with Gasteiger partial charge >= 0.3 is 0 Å². The Morgan fingerprint density at radius 1 is 0.968 bits per heavy atom. The second kappa shape index (κ2) is 10.2. The number of nitrogens with zero attached hydrogens (tertiary/aromatic N) is 2. The van der Waals surface area contributed by atoms with E-state index in [1.807, 2.05) is 44.2 Å². The average molecular weight is 446 g/mol. The van der Waals surface area contributed by atoms with Gasteiger partial charge in [-0.1, -0.05) is 32.0 Å². The van der Waals surface area contributed by atoms with E-state index in [4.69, 9.17) is 4.74 Å². The number of hydrogen-bond donors (Lipinski definition) is 1. The van der Waals surface area contributed by atoms with E-state index in [1.54, 1.807) is 19.1 Å². The van der Waals surface area contributed by atoms with Gasteiger partial charge < -0.3 is 15.0 Å². The van der Waals surface area contributed by atoms with Crippen LogP contribution in [0.3, 0.4) is 0 Å². The van der Waals surface area contributed by atoms with Gasteiger partial charge in [0.2, 0.25) is 10.0 Å². The van der Waals surface area contributed by atoms with Crippen molar-refractivity contribution in [2.75, 3.05) is 37.6 Å². The van der Waals surface area contributed by atoms with Crippen LogP contribution >= 0.6 is 0 Å². The lowest BCUT2D eigenvalue weighted by molar-refractivity contribution is -0.127. The summed E-state index contributed by atoms with van der Waals surface area (Å²) in [5.74, 6) is 0.622. The number of hydrogen-bond acceptors (Lipinski definition) is 5. The fraction of sp³-hybridized carbons (Fsp3) is 0.435. The third kappa shape index (κ3) is 5.98. The summed E-state index contributed by atoms with van der Waals surface area (Å²) in [6.45, 7) is 8.46. The Hall–Kier alpha value is -2.58. The van der Waals surface area contributed by atoms with Crippen LogP contribution in [0.15, 0.2) is 59.5 Å². The normalized spacial score (nSPS) is 16.2. The molecule has 1 saturated heterocycles. The highest BCUT2D eigenvalue weighted by Gasteiger charge is 2.28. The molecule has 2 aromatic rings. The minimum Gasteiger partial charge on any atom is -0.481 e. The second-order valence-corrected chi connectivity index (χ2v) is 10.0. The van der Waals surface area contributed by atoms with Crippen molar-refractivity contribution in [2.24, 2.45) is 5.92 Å². The summed E-state index contributed by atoms with van der Waals surface area (Å²) in [6, 6.07) is 16.3. The first kappa shape index (κ1) is 23.1. The van der Waals surface area contributed by atoms with E-state index in [0.29, 0.717) is 44.4 Å². The Kier molecular flexibility index (Phi) is 7.56. The van der Waals surface area contributed by atoms with Crippen molar-refractivity contribution in [3.05, 3.63) is 54.6 Å². The van der Waals surface area contributed by atoms with Crippen LogP contribution in [0, 0.1) is 5.92 Å². The SMILES string of the molecule is CC(C)CNC(=O)[C@H](C)Oc1ccc(S(=O)(=O)N2CCN(c3ccccc3)CC2)cc1. The van der Waals surface area contributed by atoms with Crippen LogP contribution in [-0.4, -0.2) is 57.5 Å². The zero-order chi connectivity index (χ0) is 22.4. The zero-order valence-electron chi connectivity index (χ0n) is 18.3. The van der Waals surface area contributed by atoms with Crippen molar-refractivity contribution in [3.8, 4) is 5.75 Å². The Bertz CT molecular complexity index is 954. The fourth-order valence-electron chi connectivity index (χ4n) is 3.37. The van der Waals surface area contributed by atoms with Crippen molar-refractivity contribution in [1.29, 1.82) is 0 Å². The van der Waals surface area contributed by atoms with Gasteiger partial charge in [0.15, 0.2) is 6.10 Å². The van der Waals surface area contributed by atoms with Crippen molar-refractivity contribution in [2.45, 2.75) is 31.8 Å². The molecule has 0 aromatic heterocycles. The van der Waals surface area contributed by atoms with E-state index < -0.39 is 16.1 Å². The molecular weight excluding hydrogens is 414 g/mol. The van der Waals surface area contributed by atoms with E-state index in [2.05, 4.69) is 10.2 Å². The van der Waals surface area contributed by atoms with Gasteiger partial charge in [-0.05, 0) is 49.2 Å². The number of anilines is 1. The Morgan fingerprint density at radius 2 is 1.58 bits per heavy atom. The van der Waals surface area contributed by atoms with Gasteiger partial charge in [-0.3, -0.25) is 4.79 Å². The first-order chi connectivity index (χ1) is 14.8. The molecule has 0 unspecified atom stereocenters. The largest absolute Gasteiger partial charge is 0.481 e. The maximum absolute atomic E-state index is 13.0. The molecule has 1 amide bonds. The van der Waals surface area contributed by atoms with Crippen LogP contribution < -0.4 is 15.0 Å². The molecule has 8 heteroatoms. The van der Waals surface area contributed by atoms with Crippen LogP contribution in [0.25, 0.3) is 0 Å². The quantitative estimate of drug-likeness (QED) is 0.676. The van der Waals surface area contributed by atoms with Crippen molar-refractivity contribution >= 4 is 21.6 Å². The first-order valence-electron chi connectivity index (χ1n) is 10.6. The van der Waals surface area contributed by atoms with Gasteiger partial charge in [0, 0.05) is 38.4 Å². The lowest BCUT2D eigenvalue weighted by atomic mass is 10.2. The number of amides is 1. The summed E-state index contributed by atoms with van der Waals surface area (Å²) >= 11 is 0. The molecule has 1 atom stereocenters. The predicted molar refractivity (Wildman–Crippen MR) is 122 cm³/mol. The topological polar surface area (TPSA) is 78.9 Å². The molecule has 0 spiro atoms. The van der Waals surface area contributed by atoms with Gasteiger partial charge in [-0.25, -0.2) is 8.42 Å². The minimum absolute atomic E-state index is 0.193. The number of piperazine rings is 1. The highest BCUT2D eigenvalue weighted by Crippen LogP contribution is 2.23. The summed E-state index contributed by atoms with van der Waals surface area (Å²) in [4.78, 5) is 14.5. The van der Waals surface area contributed by atoms with E-state index in [-0.39, 0.29) is 10.8 Å². The predicted octanol–water partition coefficient (Wildman–Crippen LogP) is 2.74. The third-order valence-corrected chi connectivity index (χ3v) is 7.10. The number of carbonyl (C=O) groups excluding carboxylic acids is 1. The van der Waals surface area contributed by atoms with E-state index in [0.717, 1.165) is 5.69 Å². The summed E-state index contributed by atoms with van der Waals surface area (Å²) < 4.78 is 33.2. The molecular formula is C23H31N3O4S. The van der Waals surface area contributed by atoms with Gasteiger partial charge in [0.25, 0.3) is 5.91 Å². The van der Waals surface area contributed by atoms with Crippen molar-refractivity contribution in [1.82, 2.24) is 9.62 Å². The third-order valence-electron chi connectivity index (χ3n) is 5.19. The van der Waals surface area contributed by atoms with Gasteiger partial charge in [-0.2, -0.15) is 4.31 Å². The van der Waals surface area contributed by atoms with Crippen molar-refractivity contribution < 1.29 is 17.9 Å². The molecule has 1 fully saturated rings. The molecule has 0 saturated carbocycles. The lowest BCUT2D eigenvalue weighted by Gasteiger charge is -2.35. The zero-order valence-corrected chi connectivity index (χ0v) is 19.1. The molecule has 1 aliphatic rings. The maximum Gasteiger partial charge on any atom is 0.260 e. The molecule has 0 radical (unpaired) electrons. The highest BCUT2D eigenvalue weighted by molar-refractivity contribution is 7.89. The van der Waals surface area contributed by atoms with Crippen molar-refractivity contribution in [3.63, 3.8) is 0 Å². The maximum atomic E-state index is 13.0. The van der Waals surface area contributed by atoms with E-state index >= 15 is 0 Å². The average Bonchev–Trinajstić information content (AvgIpc) is 2.78. The number of sulfonamides is 1. The number of carbonyl (C=O) groups is 1. The second-order valence-electron chi connectivity index (χ2n) is 8.10. The fourth-order valence-corrected chi connectivity index (χ4v) is 4.79. The summed E-state index contributed by atoms with van der Waals surface area (Å²) in [6.07, 6.45) is -0.660. The Morgan fingerprint density at radius 3 is 2.16 bits per heavy atom.